The van der Waals surface area contributed by atoms with E-state index in [9.17, 15) is 4.79 Å². The molecule has 1 N–H and O–H groups in total. The van der Waals surface area contributed by atoms with E-state index in [-0.39, 0.29) is 6.09 Å². The van der Waals surface area contributed by atoms with Crippen molar-refractivity contribution >= 4 is 6.09 Å². The molecular weight excluding hydrogens is 268 g/mol. The standard InChI is InChI=1S/C15H26N4O2/c1-4-21-15(20)18-7-5-13(6-8-18)19-11-16-9-14(19)10-17-12(2)3/h9,11-13,17H,4-8,10H2,1-3H3. The van der Waals surface area contributed by atoms with Crippen molar-refractivity contribution in [2.24, 2.45) is 0 Å². The number of carbonyl (C=O) groups excluding carboxylic acids is 1. The Morgan fingerprint density at radius 1 is 1.48 bits per heavy atom. The van der Waals surface area contributed by atoms with Gasteiger partial charge in [0.1, 0.15) is 0 Å². The van der Waals surface area contributed by atoms with Crippen LogP contribution in [0.3, 0.4) is 0 Å². The zero-order valence-electron chi connectivity index (χ0n) is 13.2. The highest BCUT2D eigenvalue weighted by Crippen LogP contribution is 2.24. The van der Waals surface area contributed by atoms with Crippen LogP contribution in [0.5, 0.6) is 0 Å². The average Bonchev–Trinajstić information content (AvgIpc) is 2.94. The van der Waals surface area contributed by atoms with Gasteiger partial charge in [0.15, 0.2) is 0 Å². The summed E-state index contributed by atoms with van der Waals surface area (Å²) in [6.07, 6.45) is 5.53. The summed E-state index contributed by atoms with van der Waals surface area (Å²) in [5.74, 6) is 0. The smallest absolute Gasteiger partial charge is 0.409 e. The molecule has 0 radical (unpaired) electrons. The second-order valence-electron chi connectivity index (χ2n) is 5.74. The van der Waals surface area contributed by atoms with Gasteiger partial charge in [0, 0.05) is 37.9 Å². The lowest BCUT2D eigenvalue weighted by atomic mass is 10.0. The van der Waals surface area contributed by atoms with E-state index in [2.05, 4.69) is 28.7 Å². The first-order valence-electron chi connectivity index (χ1n) is 7.77. The van der Waals surface area contributed by atoms with Gasteiger partial charge in [-0.3, -0.25) is 0 Å². The third-order valence-electron chi connectivity index (χ3n) is 3.82. The molecule has 1 aliphatic heterocycles. The summed E-state index contributed by atoms with van der Waals surface area (Å²) in [7, 11) is 0. The van der Waals surface area contributed by atoms with Gasteiger partial charge < -0.3 is 19.5 Å². The molecule has 6 nitrogen and oxygen atoms in total. The summed E-state index contributed by atoms with van der Waals surface area (Å²) in [5, 5.41) is 3.43. The molecule has 2 rings (SSSR count). The predicted molar refractivity (Wildman–Crippen MR) is 81.1 cm³/mol. The highest BCUT2D eigenvalue weighted by Gasteiger charge is 2.25. The Hall–Kier alpha value is -1.56. The number of hydrogen-bond acceptors (Lipinski definition) is 4. The van der Waals surface area contributed by atoms with E-state index in [0.717, 1.165) is 32.5 Å². The van der Waals surface area contributed by atoms with Crippen molar-refractivity contribution in [1.82, 2.24) is 19.8 Å². The number of aromatic nitrogens is 2. The van der Waals surface area contributed by atoms with Crippen LogP contribution in [-0.2, 0) is 11.3 Å². The van der Waals surface area contributed by atoms with Crippen molar-refractivity contribution < 1.29 is 9.53 Å². The number of carbonyl (C=O) groups is 1. The van der Waals surface area contributed by atoms with Gasteiger partial charge >= 0.3 is 6.09 Å². The number of imidazole rings is 1. The molecule has 0 aromatic carbocycles. The van der Waals surface area contributed by atoms with Crippen molar-refractivity contribution in [3.63, 3.8) is 0 Å². The minimum Gasteiger partial charge on any atom is -0.450 e. The molecule has 0 atom stereocenters. The summed E-state index contributed by atoms with van der Waals surface area (Å²) < 4.78 is 7.30. The summed E-state index contributed by atoms with van der Waals surface area (Å²) in [4.78, 5) is 17.8. The SMILES string of the molecule is CCOC(=O)N1CCC(n2cncc2CNC(C)C)CC1. The van der Waals surface area contributed by atoms with Crippen molar-refractivity contribution in [3.8, 4) is 0 Å². The monoisotopic (exact) mass is 294 g/mol. The first-order valence-corrected chi connectivity index (χ1v) is 7.77. The van der Waals surface area contributed by atoms with Crippen molar-refractivity contribution in [2.75, 3.05) is 19.7 Å². The molecular formula is C15H26N4O2. The number of ether oxygens (including phenoxy) is 1. The molecule has 1 aromatic heterocycles. The van der Waals surface area contributed by atoms with Crippen LogP contribution in [0.15, 0.2) is 12.5 Å². The van der Waals surface area contributed by atoms with E-state index in [0.29, 0.717) is 18.7 Å². The maximum absolute atomic E-state index is 11.7. The molecule has 0 spiro atoms. The Labute approximate surface area is 126 Å². The van der Waals surface area contributed by atoms with Crippen LogP contribution in [0, 0.1) is 0 Å². The fourth-order valence-electron chi connectivity index (χ4n) is 2.65. The van der Waals surface area contributed by atoms with Crippen molar-refractivity contribution in [3.05, 3.63) is 18.2 Å². The minimum absolute atomic E-state index is 0.191. The lowest BCUT2D eigenvalue weighted by Gasteiger charge is -2.32. The Morgan fingerprint density at radius 3 is 2.81 bits per heavy atom. The zero-order valence-corrected chi connectivity index (χ0v) is 13.2. The van der Waals surface area contributed by atoms with Gasteiger partial charge in [-0.2, -0.15) is 0 Å². The zero-order chi connectivity index (χ0) is 15.2. The Balaban J connectivity index is 1.90. The summed E-state index contributed by atoms with van der Waals surface area (Å²) in [6.45, 7) is 8.87. The van der Waals surface area contributed by atoms with Gasteiger partial charge in [-0.15, -0.1) is 0 Å². The average molecular weight is 294 g/mol. The van der Waals surface area contributed by atoms with Crippen LogP contribution in [-0.4, -0.2) is 46.3 Å². The first kappa shape index (κ1) is 15.8. The predicted octanol–water partition coefficient (Wildman–Crippen LogP) is 2.17. The summed E-state index contributed by atoms with van der Waals surface area (Å²) in [6, 6.07) is 0.876. The van der Waals surface area contributed by atoms with E-state index < -0.39 is 0 Å². The van der Waals surface area contributed by atoms with Crippen LogP contribution in [0.4, 0.5) is 4.79 Å². The van der Waals surface area contributed by atoms with E-state index in [1.54, 1.807) is 4.90 Å². The van der Waals surface area contributed by atoms with Crippen LogP contribution < -0.4 is 5.32 Å². The van der Waals surface area contributed by atoms with Crippen LogP contribution in [0.1, 0.15) is 45.3 Å². The van der Waals surface area contributed by atoms with Gasteiger partial charge in [0.25, 0.3) is 0 Å². The fraction of sp³-hybridized carbons (Fsp3) is 0.733. The number of likely N-dealkylation sites (tertiary alicyclic amines) is 1. The molecule has 1 saturated heterocycles. The van der Waals surface area contributed by atoms with E-state index >= 15 is 0 Å². The molecule has 0 aliphatic carbocycles. The first-order chi connectivity index (χ1) is 10.1. The minimum atomic E-state index is -0.191. The Bertz CT molecular complexity index is 450. The molecule has 1 aliphatic rings. The number of rotatable bonds is 5. The number of amides is 1. The topological polar surface area (TPSA) is 59.4 Å². The third-order valence-corrected chi connectivity index (χ3v) is 3.82. The van der Waals surface area contributed by atoms with Crippen molar-refractivity contribution in [2.45, 2.75) is 52.2 Å². The molecule has 2 heterocycles. The lowest BCUT2D eigenvalue weighted by molar-refractivity contribution is 0.0924. The second kappa shape index (κ2) is 7.45. The summed E-state index contributed by atoms with van der Waals surface area (Å²) in [5.41, 5.74) is 1.21. The highest BCUT2D eigenvalue weighted by atomic mass is 16.6. The number of nitrogens with one attached hydrogen (secondary N) is 1. The van der Waals surface area contributed by atoms with Crippen LogP contribution in [0.25, 0.3) is 0 Å². The summed E-state index contributed by atoms with van der Waals surface area (Å²) >= 11 is 0. The molecule has 21 heavy (non-hydrogen) atoms. The molecule has 1 amide bonds. The number of piperidine rings is 1. The molecule has 1 fully saturated rings. The second-order valence-corrected chi connectivity index (χ2v) is 5.74. The molecule has 0 bridgehead atoms. The molecule has 118 valence electrons. The van der Waals surface area contributed by atoms with Gasteiger partial charge in [0.2, 0.25) is 0 Å². The van der Waals surface area contributed by atoms with Gasteiger partial charge in [0.05, 0.1) is 18.6 Å². The Kier molecular flexibility index (Phi) is 5.61. The number of hydrogen-bond donors (Lipinski definition) is 1. The maximum atomic E-state index is 11.7. The molecule has 0 saturated carbocycles. The van der Waals surface area contributed by atoms with Gasteiger partial charge in [-0.05, 0) is 19.8 Å². The van der Waals surface area contributed by atoms with Crippen molar-refractivity contribution in [1.29, 1.82) is 0 Å². The van der Waals surface area contributed by atoms with E-state index in [1.807, 2.05) is 19.4 Å². The van der Waals surface area contributed by atoms with Crippen LogP contribution >= 0.6 is 0 Å². The van der Waals surface area contributed by atoms with Crippen LogP contribution in [0.2, 0.25) is 0 Å². The van der Waals surface area contributed by atoms with Gasteiger partial charge in [-0.1, -0.05) is 13.8 Å². The molecule has 1 aromatic rings. The highest BCUT2D eigenvalue weighted by molar-refractivity contribution is 5.67. The number of nitrogens with zero attached hydrogens (tertiary/aromatic N) is 3. The lowest BCUT2D eigenvalue weighted by Crippen LogP contribution is -2.39. The molecule has 0 unspecified atom stereocenters. The fourth-order valence-corrected chi connectivity index (χ4v) is 2.65. The maximum Gasteiger partial charge on any atom is 0.409 e. The normalized spacial score (nSPS) is 16.5. The molecule has 6 heteroatoms. The quantitative estimate of drug-likeness (QED) is 0.904. The third kappa shape index (κ3) is 4.20. The Morgan fingerprint density at radius 2 is 2.19 bits per heavy atom. The van der Waals surface area contributed by atoms with Gasteiger partial charge in [-0.25, -0.2) is 9.78 Å². The van der Waals surface area contributed by atoms with E-state index in [4.69, 9.17) is 4.74 Å². The largest absolute Gasteiger partial charge is 0.450 e. The van der Waals surface area contributed by atoms with E-state index in [1.165, 1.54) is 5.69 Å².